The number of carbonyl (C=O) groups excluding carboxylic acids is 2. The fourth-order valence-electron chi connectivity index (χ4n) is 3.35. The Morgan fingerprint density at radius 2 is 1.95 bits per heavy atom. The summed E-state index contributed by atoms with van der Waals surface area (Å²) in [6, 6.07) is 0. The predicted octanol–water partition coefficient (Wildman–Crippen LogP) is -0.252. The first kappa shape index (κ1) is 14.8. The van der Waals surface area contributed by atoms with Gasteiger partial charge >= 0.3 is 0 Å². The molecule has 0 aromatic carbocycles. The van der Waals surface area contributed by atoms with Crippen molar-refractivity contribution in [1.82, 2.24) is 9.80 Å². The highest BCUT2D eigenvalue weighted by molar-refractivity contribution is 7.90. The number of hydrogen-bond acceptors (Lipinski definition) is 4. The van der Waals surface area contributed by atoms with Gasteiger partial charge in [0.1, 0.15) is 9.84 Å². The summed E-state index contributed by atoms with van der Waals surface area (Å²) in [6.45, 7) is 2.71. The van der Waals surface area contributed by atoms with Crippen LogP contribution in [0.1, 0.15) is 19.3 Å². The molecule has 6 nitrogen and oxygen atoms in total. The first-order valence-corrected chi connectivity index (χ1v) is 9.64. The number of hydrogen-bond donors (Lipinski definition) is 0. The lowest BCUT2D eigenvalue weighted by molar-refractivity contribution is -0.133. The maximum Gasteiger partial charge on any atom is 0.227 e. The maximum atomic E-state index is 12.3. The number of amides is 2. The highest BCUT2D eigenvalue weighted by atomic mass is 32.2. The van der Waals surface area contributed by atoms with Gasteiger partial charge in [0.2, 0.25) is 11.8 Å². The molecule has 2 amide bonds. The van der Waals surface area contributed by atoms with Gasteiger partial charge < -0.3 is 9.80 Å². The van der Waals surface area contributed by atoms with Gasteiger partial charge in [0.05, 0.1) is 11.7 Å². The Morgan fingerprint density at radius 3 is 2.52 bits per heavy atom. The summed E-state index contributed by atoms with van der Waals surface area (Å²) in [5, 5.41) is 0. The van der Waals surface area contributed by atoms with Gasteiger partial charge in [0, 0.05) is 44.8 Å². The van der Waals surface area contributed by atoms with E-state index in [1.54, 1.807) is 4.90 Å². The third kappa shape index (κ3) is 3.39. The van der Waals surface area contributed by atoms with E-state index in [9.17, 15) is 18.0 Å². The number of rotatable bonds is 5. The molecule has 118 valence electrons. The van der Waals surface area contributed by atoms with Crippen LogP contribution in [0, 0.1) is 17.8 Å². The van der Waals surface area contributed by atoms with Gasteiger partial charge in [-0.05, 0) is 18.8 Å². The van der Waals surface area contributed by atoms with E-state index in [4.69, 9.17) is 0 Å². The van der Waals surface area contributed by atoms with Crippen molar-refractivity contribution in [2.75, 3.05) is 38.2 Å². The average molecular weight is 314 g/mol. The van der Waals surface area contributed by atoms with E-state index >= 15 is 0 Å². The summed E-state index contributed by atoms with van der Waals surface area (Å²) in [5.74, 6) is 0.797. The minimum atomic E-state index is -3.12. The lowest BCUT2D eigenvalue weighted by Crippen LogP contribution is -2.36. The van der Waals surface area contributed by atoms with Gasteiger partial charge in [-0.1, -0.05) is 0 Å². The van der Waals surface area contributed by atoms with Gasteiger partial charge in [-0.3, -0.25) is 9.59 Å². The molecule has 1 aliphatic carbocycles. The summed E-state index contributed by atoms with van der Waals surface area (Å²) in [6.07, 6.45) is 3.63. The van der Waals surface area contributed by atoms with Crippen LogP contribution in [-0.2, 0) is 19.4 Å². The zero-order valence-electron chi connectivity index (χ0n) is 12.3. The molecule has 1 saturated carbocycles. The van der Waals surface area contributed by atoms with Crippen molar-refractivity contribution in [2.45, 2.75) is 19.3 Å². The fraction of sp³-hybridized carbons (Fsp3) is 0.857. The second-order valence-corrected chi connectivity index (χ2v) is 8.99. The van der Waals surface area contributed by atoms with Crippen molar-refractivity contribution in [3.8, 4) is 0 Å². The molecule has 7 heteroatoms. The van der Waals surface area contributed by atoms with E-state index in [1.165, 1.54) is 12.8 Å². The summed E-state index contributed by atoms with van der Waals surface area (Å²) in [4.78, 5) is 28.0. The Labute approximate surface area is 125 Å². The van der Waals surface area contributed by atoms with Crippen LogP contribution in [0.15, 0.2) is 0 Å². The minimum Gasteiger partial charge on any atom is -0.342 e. The molecular formula is C14H22N2O4S. The van der Waals surface area contributed by atoms with Gasteiger partial charge in [-0.2, -0.15) is 0 Å². The Kier molecular flexibility index (Phi) is 3.71. The second-order valence-electron chi connectivity index (χ2n) is 6.73. The molecule has 0 spiro atoms. The first-order valence-electron chi connectivity index (χ1n) is 7.58. The van der Waals surface area contributed by atoms with Gasteiger partial charge in [0.25, 0.3) is 0 Å². The predicted molar refractivity (Wildman–Crippen MR) is 77.2 cm³/mol. The minimum absolute atomic E-state index is 0.0260. The van der Waals surface area contributed by atoms with Crippen molar-refractivity contribution in [3.63, 3.8) is 0 Å². The van der Waals surface area contributed by atoms with E-state index in [0.717, 1.165) is 19.3 Å². The van der Waals surface area contributed by atoms with E-state index in [0.29, 0.717) is 19.0 Å². The molecule has 21 heavy (non-hydrogen) atoms. The quantitative estimate of drug-likeness (QED) is 0.701. The third-order valence-electron chi connectivity index (χ3n) is 4.74. The summed E-state index contributed by atoms with van der Waals surface area (Å²) >= 11 is 0. The number of nitrogens with zero attached hydrogens (tertiary/aromatic N) is 2. The SMILES string of the molecule is CS(=O)(=O)CCC(=O)N1C[C@H]2CN(CC3CC3)C(=O)[C@H]2C1. The van der Waals surface area contributed by atoms with Gasteiger partial charge in [-0.25, -0.2) is 8.42 Å². The molecule has 3 rings (SSSR count). The van der Waals surface area contributed by atoms with Crippen LogP contribution in [0.3, 0.4) is 0 Å². The Balaban J connectivity index is 1.53. The van der Waals surface area contributed by atoms with Crippen molar-refractivity contribution in [1.29, 1.82) is 0 Å². The average Bonchev–Trinajstić information content (AvgIpc) is 3.03. The van der Waals surface area contributed by atoms with Crippen LogP contribution in [0.4, 0.5) is 0 Å². The molecule has 0 radical (unpaired) electrons. The smallest absolute Gasteiger partial charge is 0.227 e. The monoisotopic (exact) mass is 314 g/mol. The highest BCUT2D eigenvalue weighted by Crippen LogP contribution is 2.36. The highest BCUT2D eigenvalue weighted by Gasteiger charge is 2.48. The molecule has 3 aliphatic rings. The van der Waals surface area contributed by atoms with Crippen LogP contribution in [0.5, 0.6) is 0 Å². The number of likely N-dealkylation sites (tertiary alicyclic amines) is 2. The molecule has 0 unspecified atom stereocenters. The Morgan fingerprint density at radius 1 is 1.24 bits per heavy atom. The summed E-state index contributed by atoms with van der Waals surface area (Å²) < 4.78 is 22.2. The number of fused-ring (bicyclic) bond motifs is 1. The molecule has 0 N–H and O–H groups in total. The standard InChI is InChI=1S/C14H22N2O4S/c1-21(19,20)5-4-13(17)15-7-11-8-16(6-10-2-3-10)14(18)12(11)9-15/h10-12H,2-9H2,1H3/t11-,12-/m0/s1. The van der Waals surface area contributed by atoms with Crippen molar-refractivity contribution < 1.29 is 18.0 Å². The molecule has 2 atom stereocenters. The normalized spacial score (nSPS) is 29.1. The molecule has 0 aromatic heterocycles. The molecule has 0 aromatic rings. The van der Waals surface area contributed by atoms with Crippen molar-refractivity contribution in [2.24, 2.45) is 17.8 Å². The Hall–Kier alpha value is -1.11. The van der Waals surface area contributed by atoms with E-state index in [2.05, 4.69) is 0 Å². The first-order chi connectivity index (χ1) is 9.83. The topological polar surface area (TPSA) is 74.8 Å². The molecule has 3 fully saturated rings. The molecular weight excluding hydrogens is 292 g/mol. The molecule has 2 aliphatic heterocycles. The zero-order valence-corrected chi connectivity index (χ0v) is 13.1. The van der Waals surface area contributed by atoms with Crippen molar-refractivity contribution >= 4 is 21.7 Å². The van der Waals surface area contributed by atoms with Gasteiger partial charge in [0.15, 0.2) is 0 Å². The molecule has 2 saturated heterocycles. The summed E-state index contributed by atoms with van der Waals surface area (Å²) in [7, 11) is -3.12. The maximum absolute atomic E-state index is 12.3. The van der Waals surface area contributed by atoms with Crippen LogP contribution in [0.2, 0.25) is 0 Å². The second kappa shape index (κ2) is 5.26. The van der Waals surface area contributed by atoms with E-state index < -0.39 is 9.84 Å². The van der Waals surface area contributed by atoms with Crippen molar-refractivity contribution in [3.05, 3.63) is 0 Å². The summed E-state index contributed by atoms with van der Waals surface area (Å²) in [5.41, 5.74) is 0. The number of carbonyl (C=O) groups is 2. The lowest BCUT2D eigenvalue weighted by atomic mass is 10.0. The molecule has 2 heterocycles. The molecule has 0 bridgehead atoms. The van der Waals surface area contributed by atoms with E-state index in [-0.39, 0.29) is 35.8 Å². The number of sulfone groups is 1. The zero-order chi connectivity index (χ0) is 15.2. The van der Waals surface area contributed by atoms with Gasteiger partial charge in [-0.15, -0.1) is 0 Å². The lowest BCUT2D eigenvalue weighted by Gasteiger charge is -2.21. The largest absolute Gasteiger partial charge is 0.342 e. The van der Waals surface area contributed by atoms with Crippen LogP contribution in [0.25, 0.3) is 0 Å². The third-order valence-corrected chi connectivity index (χ3v) is 5.69. The van der Waals surface area contributed by atoms with Crippen LogP contribution < -0.4 is 0 Å². The van der Waals surface area contributed by atoms with Crippen LogP contribution in [-0.4, -0.2) is 68.2 Å². The fourth-order valence-corrected chi connectivity index (χ4v) is 3.90. The van der Waals surface area contributed by atoms with Crippen LogP contribution >= 0.6 is 0 Å². The Bertz CT molecular complexity index is 555. The van der Waals surface area contributed by atoms with E-state index in [1.807, 2.05) is 4.90 Å².